The molecule has 1 saturated heterocycles. The Morgan fingerprint density at radius 1 is 1.22 bits per heavy atom. The molecular formula is C18H20ClN7O. The highest BCUT2D eigenvalue weighted by Gasteiger charge is 2.46. The van der Waals surface area contributed by atoms with Gasteiger partial charge in [0.2, 0.25) is 5.65 Å². The van der Waals surface area contributed by atoms with Gasteiger partial charge in [-0.3, -0.25) is 5.10 Å². The second kappa shape index (κ2) is 6.47. The van der Waals surface area contributed by atoms with Crippen molar-refractivity contribution in [2.45, 2.75) is 37.7 Å². The first kappa shape index (κ1) is 17.0. The van der Waals surface area contributed by atoms with Crippen LogP contribution in [0.1, 0.15) is 37.3 Å². The molecule has 3 aromatic rings. The van der Waals surface area contributed by atoms with Crippen molar-refractivity contribution in [1.82, 2.24) is 35.7 Å². The summed E-state index contributed by atoms with van der Waals surface area (Å²) in [7, 11) is 0. The van der Waals surface area contributed by atoms with Crippen molar-refractivity contribution >= 4 is 22.8 Å². The van der Waals surface area contributed by atoms with Crippen LogP contribution in [0.2, 0.25) is 5.15 Å². The van der Waals surface area contributed by atoms with E-state index in [0.717, 1.165) is 44.5 Å². The molecule has 3 N–H and O–H groups in total. The molecule has 8 nitrogen and oxygen atoms in total. The SMILES string of the molecule is OC1CC2(CCNCC2)CC1c1cnc2c(-c3ccnnc3Cl)[nH]nc2n1. The van der Waals surface area contributed by atoms with Gasteiger partial charge in [-0.05, 0) is 50.3 Å². The fourth-order valence-electron chi connectivity index (χ4n) is 4.61. The molecule has 27 heavy (non-hydrogen) atoms. The molecule has 0 amide bonds. The average molecular weight is 386 g/mol. The van der Waals surface area contributed by atoms with Crippen molar-refractivity contribution in [2.75, 3.05) is 13.1 Å². The fraction of sp³-hybridized carbons (Fsp3) is 0.500. The van der Waals surface area contributed by atoms with Crippen molar-refractivity contribution < 1.29 is 5.11 Å². The van der Waals surface area contributed by atoms with Crippen LogP contribution in [0.5, 0.6) is 0 Å². The van der Waals surface area contributed by atoms with Gasteiger partial charge in [0.05, 0.1) is 23.7 Å². The third-order valence-corrected chi connectivity index (χ3v) is 6.31. The smallest absolute Gasteiger partial charge is 0.200 e. The third kappa shape index (κ3) is 2.88. The lowest BCUT2D eigenvalue weighted by Crippen LogP contribution is -2.35. The molecule has 2 fully saturated rings. The van der Waals surface area contributed by atoms with E-state index >= 15 is 0 Å². The van der Waals surface area contributed by atoms with Crippen LogP contribution in [0.4, 0.5) is 0 Å². The summed E-state index contributed by atoms with van der Waals surface area (Å²) in [6, 6.07) is 1.76. The molecule has 0 radical (unpaired) electrons. The molecule has 2 atom stereocenters. The van der Waals surface area contributed by atoms with Gasteiger partial charge in [0.1, 0.15) is 5.52 Å². The Kier molecular flexibility index (Phi) is 4.07. The Morgan fingerprint density at radius 3 is 2.89 bits per heavy atom. The minimum atomic E-state index is -0.382. The van der Waals surface area contributed by atoms with Gasteiger partial charge in [-0.1, -0.05) is 11.6 Å². The third-order valence-electron chi connectivity index (χ3n) is 6.03. The summed E-state index contributed by atoms with van der Waals surface area (Å²) in [6.45, 7) is 2.04. The summed E-state index contributed by atoms with van der Waals surface area (Å²) in [6.07, 6.45) is 6.96. The largest absolute Gasteiger partial charge is 0.392 e. The van der Waals surface area contributed by atoms with Gasteiger partial charge in [-0.15, -0.1) is 5.10 Å². The molecule has 2 aliphatic rings. The zero-order valence-corrected chi connectivity index (χ0v) is 15.4. The highest BCUT2D eigenvalue weighted by Crippen LogP contribution is 2.51. The maximum absolute atomic E-state index is 10.7. The van der Waals surface area contributed by atoms with E-state index in [0.29, 0.717) is 22.4 Å². The molecule has 5 rings (SSSR count). The van der Waals surface area contributed by atoms with E-state index in [1.165, 1.54) is 0 Å². The first-order chi connectivity index (χ1) is 13.2. The number of rotatable bonds is 2. The van der Waals surface area contributed by atoms with E-state index in [1.54, 1.807) is 18.5 Å². The zero-order chi connectivity index (χ0) is 18.4. The topological polar surface area (TPSA) is 112 Å². The van der Waals surface area contributed by atoms with Gasteiger partial charge in [0.15, 0.2) is 5.15 Å². The van der Waals surface area contributed by atoms with E-state index in [2.05, 4.69) is 30.7 Å². The van der Waals surface area contributed by atoms with Crippen LogP contribution in [0.15, 0.2) is 18.5 Å². The molecule has 1 spiro atoms. The van der Waals surface area contributed by atoms with Gasteiger partial charge in [-0.2, -0.15) is 10.2 Å². The Balaban J connectivity index is 1.48. The van der Waals surface area contributed by atoms with E-state index in [-0.39, 0.29) is 22.6 Å². The number of halogens is 1. The first-order valence-corrected chi connectivity index (χ1v) is 9.60. The van der Waals surface area contributed by atoms with Gasteiger partial charge in [-0.25, -0.2) is 9.97 Å². The lowest BCUT2D eigenvalue weighted by atomic mass is 9.77. The molecule has 3 aromatic heterocycles. The van der Waals surface area contributed by atoms with Crippen LogP contribution in [0.3, 0.4) is 0 Å². The first-order valence-electron chi connectivity index (χ1n) is 9.23. The van der Waals surface area contributed by atoms with Crippen LogP contribution in [-0.2, 0) is 0 Å². The lowest BCUT2D eigenvalue weighted by molar-refractivity contribution is 0.133. The van der Waals surface area contributed by atoms with E-state index in [4.69, 9.17) is 16.6 Å². The van der Waals surface area contributed by atoms with Crippen molar-refractivity contribution in [3.8, 4) is 11.3 Å². The van der Waals surface area contributed by atoms with Gasteiger partial charge in [0.25, 0.3) is 0 Å². The van der Waals surface area contributed by atoms with Crippen LogP contribution in [0.25, 0.3) is 22.4 Å². The maximum Gasteiger partial charge on any atom is 0.200 e. The summed E-state index contributed by atoms with van der Waals surface area (Å²) >= 11 is 6.14. The molecule has 140 valence electrons. The molecule has 1 saturated carbocycles. The second-order valence-corrected chi connectivity index (χ2v) is 7.99. The number of piperidine rings is 1. The highest BCUT2D eigenvalue weighted by molar-refractivity contribution is 6.32. The number of aliphatic hydroxyl groups is 1. The summed E-state index contributed by atoms with van der Waals surface area (Å²) in [5.41, 5.74) is 3.55. The predicted octanol–water partition coefficient (Wildman–Crippen LogP) is 2.07. The summed E-state index contributed by atoms with van der Waals surface area (Å²) < 4.78 is 0. The number of nitrogens with one attached hydrogen (secondary N) is 2. The lowest BCUT2D eigenvalue weighted by Gasteiger charge is -2.33. The number of nitrogens with zero attached hydrogens (tertiary/aromatic N) is 5. The van der Waals surface area contributed by atoms with E-state index < -0.39 is 0 Å². The number of aliphatic hydroxyl groups excluding tert-OH is 1. The van der Waals surface area contributed by atoms with Crippen LogP contribution in [0, 0.1) is 5.41 Å². The zero-order valence-electron chi connectivity index (χ0n) is 14.7. The Hall–Kier alpha value is -2.16. The molecular weight excluding hydrogens is 366 g/mol. The Bertz CT molecular complexity index is 985. The number of H-pyrrole nitrogens is 1. The summed E-state index contributed by atoms with van der Waals surface area (Å²) in [4.78, 5) is 9.29. The molecule has 4 heterocycles. The number of fused-ring (bicyclic) bond motifs is 1. The number of aromatic amines is 1. The number of hydrogen-bond acceptors (Lipinski definition) is 7. The Morgan fingerprint density at radius 2 is 2.07 bits per heavy atom. The standard InChI is InChI=1S/C18H20ClN7O/c19-16-10(1-4-22-25-16)14-15-17(26-24-14)23-12(9-21-15)11-7-18(8-13(11)27)2-5-20-6-3-18/h1,4,9,11,13,20,27H,2-3,5-8H2,(H,23,24,26). The average Bonchev–Trinajstić information content (AvgIpc) is 3.23. The number of hydrogen-bond donors (Lipinski definition) is 3. The molecule has 1 aliphatic heterocycles. The molecule has 0 aromatic carbocycles. The predicted molar refractivity (Wildman–Crippen MR) is 100 cm³/mol. The van der Waals surface area contributed by atoms with Crippen molar-refractivity contribution in [3.05, 3.63) is 29.3 Å². The van der Waals surface area contributed by atoms with Crippen LogP contribution >= 0.6 is 11.6 Å². The van der Waals surface area contributed by atoms with Crippen molar-refractivity contribution in [2.24, 2.45) is 5.41 Å². The Labute approximate surface area is 160 Å². The van der Waals surface area contributed by atoms with E-state index in [1.807, 2.05) is 0 Å². The second-order valence-electron chi connectivity index (χ2n) is 7.63. The van der Waals surface area contributed by atoms with Crippen molar-refractivity contribution in [1.29, 1.82) is 0 Å². The number of aromatic nitrogens is 6. The van der Waals surface area contributed by atoms with Crippen molar-refractivity contribution in [3.63, 3.8) is 0 Å². The maximum atomic E-state index is 10.7. The normalized spacial score (nSPS) is 24.7. The molecule has 9 heteroatoms. The van der Waals surface area contributed by atoms with Gasteiger partial charge < -0.3 is 10.4 Å². The fourth-order valence-corrected chi connectivity index (χ4v) is 4.82. The minimum absolute atomic E-state index is 0.00586. The molecule has 1 aliphatic carbocycles. The van der Waals surface area contributed by atoms with Crippen LogP contribution in [-0.4, -0.2) is 54.7 Å². The monoisotopic (exact) mass is 385 g/mol. The van der Waals surface area contributed by atoms with E-state index in [9.17, 15) is 5.11 Å². The summed E-state index contributed by atoms with van der Waals surface area (Å²) in [5, 5.41) is 29.3. The summed E-state index contributed by atoms with van der Waals surface area (Å²) in [5.74, 6) is 0.00586. The minimum Gasteiger partial charge on any atom is -0.392 e. The van der Waals surface area contributed by atoms with Gasteiger partial charge in [0, 0.05) is 17.7 Å². The van der Waals surface area contributed by atoms with Crippen LogP contribution < -0.4 is 5.32 Å². The highest BCUT2D eigenvalue weighted by atomic mass is 35.5. The quantitative estimate of drug-likeness (QED) is 0.618. The molecule has 0 bridgehead atoms. The van der Waals surface area contributed by atoms with Gasteiger partial charge >= 0.3 is 0 Å². The molecule has 2 unspecified atom stereocenters.